The number of hydrogen-bond acceptors (Lipinski definition) is 6. The van der Waals surface area contributed by atoms with E-state index >= 15 is 0 Å². The molecule has 1 saturated carbocycles. The molecule has 5 rings (SSSR count). The first-order chi connectivity index (χ1) is 20.3. The summed E-state index contributed by atoms with van der Waals surface area (Å²) in [5.41, 5.74) is 8.26. The molecule has 0 unspecified atom stereocenters. The molecule has 4 aromatic heterocycles. The lowest BCUT2D eigenvalue weighted by atomic mass is 9.86. The molecule has 0 saturated heterocycles. The molecule has 1 aliphatic rings. The van der Waals surface area contributed by atoms with E-state index in [1.807, 2.05) is 55.2 Å². The number of nitrogens with zero attached hydrogens (tertiary/aromatic N) is 5. The van der Waals surface area contributed by atoms with E-state index in [1.165, 1.54) is 32.1 Å². The Morgan fingerprint density at radius 3 is 2.69 bits per heavy atom. The smallest absolute Gasteiger partial charge is 0.142 e. The second-order valence-corrected chi connectivity index (χ2v) is 11.2. The number of nitrogens with one attached hydrogen (secondary N) is 3. The van der Waals surface area contributed by atoms with Gasteiger partial charge in [0.2, 0.25) is 0 Å². The first-order valence-electron chi connectivity index (χ1n) is 14.5. The van der Waals surface area contributed by atoms with Crippen molar-refractivity contribution >= 4 is 35.3 Å². The second-order valence-electron chi connectivity index (χ2n) is 11.2. The van der Waals surface area contributed by atoms with E-state index in [4.69, 9.17) is 0 Å². The summed E-state index contributed by atoms with van der Waals surface area (Å²) in [5.74, 6) is 1.55. The van der Waals surface area contributed by atoms with Crippen LogP contribution >= 0.6 is 0 Å². The molecule has 8 nitrogen and oxygen atoms in total. The molecular formula is C34H40N8. The van der Waals surface area contributed by atoms with Gasteiger partial charge in [-0.3, -0.25) is 14.6 Å². The summed E-state index contributed by atoms with van der Waals surface area (Å²) in [6.07, 6.45) is 20.9. The van der Waals surface area contributed by atoms with Gasteiger partial charge in [-0.1, -0.05) is 57.9 Å². The van der Waals surface area contributed by atoms with Crippen LogP contribution in [0.1, 0.15) is 68.0 Å². The van der Waals surface area contributed by atoms with Gasteiger partial charge in [-0.05, 0) is 62.5 Å². The Balaban J connectivity index is 1.27. The zero-order valence-electron chi connectivity index (χ0n) is 24.9. The van der Waals surface area contributed by atoms with Crippen LogP contribution in [0.15, 0.2) is 68.2 Å². The highest BCUT2D eigenvalue weighted by Crippen LogP contribution is 2.29. The summed E-state index contributed by atoms with van der Waals surface area (Å²) in [6.45, 7) is 18.8. The summed E-state index contributed by atoms with van der Waals surface area (Å²) in [5, 5.41) is 16.0. The predicted octanol–water partition coefficient (Wildman–Crippen LogP) is 6.28. The normalized spacial score (nSPS) is 14.6. The number of imidazole rings is 1. The highest BCUT2D eigenvalue weighted by Gasteiger charge is 2.15. The van der Waals surface area contributed by atoms with E-state index in [0.29, 0.717) is 11.4 Å². The molecular weight excluding hydrogens is 520 g/mol. The first kappa shape index (κ1) is 28.8. The topological polar surface area (TPSA) is 96.3 Å². The number of anilines is 2. The van der Waals surface area contributed by atoms with Crippen molar-refractivity contribution in [1.29, 1.82) is 0 Å². The minimum absolute atomic E-state index is 0.648. The first-order valence-corrected chi connectivity index (χ1v) is 14.5. The molecule has 216 valence electrons. The van der Waals surface area contributed by atoms with Gasteiger partial charge in [0.15, 0.2) is 0 Å². The summed E-state index contributed by atoms with van der Waals surface area (Å²) in [7, 11) is 0. The number of aryl methyl sites for hydroxylation is 1. The van der Waals surface area contributed by atoms with Gasteiger partial charge in [0, 0.05) is 40.8 Å². The number of allylic oxidation sites excluding steroid dienone is 3. The molecule has 1 fully saturated rings. The Labute approximate surface area is 247 Å². The van der Waals surface area contributed by atoms with E-state index in [0.717, 1.165) is 68.2 Å². The van der Waals surface area contributed by atoms with Crippen molar-refractivity contribution in [2.24, 2.45) is 5.92 Å². The fraction of sp³-hybridized carbons (Fsp3) is 0.294. The standard InChI is InChI=1S/C34H40N8/c1-22(29-17-30(19-35-18-29)38-23(2)16-28-10-8-7-9-11-28)12-13-32-25(4)33(41-40-32)27(6)39-31-14-15-36-34(26(31)5)42-20-24(3)37-21-42/h12-15,17-21,28,38,40H,2,4,6-11,16H2,1,3,5H3,(H,36,39)/b22-12+,32-13+. The minimum atomic E-state index is 0.648. The largest absolute Gasteiger partial charge is 0.358 e. The third-order valence-electron chi connectivity index (χ3n) is 7.88. The number of H-pyrrole nitrogens is 1. The number of aromatic amines is 1. The maximum Gasteiger partial charge on any atom is 0.142 e. The quantitative estimate of drug-likeness (QED) is 0.211. The third kappa shape index (κ3) is 6.77. The molecule has 0 spiro atoms. The van der Waals surface area contributed by atoms with E-state index in [1.54, 1.807) is 12.5 Å². The average molecular weight is 561 g/mol. The predicted molar refractivity (Wildman–Crippen MR) is 173 cm³/mol. The van der Waals surface area contributed by atoms with Gasteiger partial charge in [-0.25, -0.2) is 9.97 Å². The number of pyridine rings is 2. The van der Waals surface area contributed by atoms with Gasteiger partial charge < -0.3 is 10.6 Å². The zero-order valence-corrected chi connectivity index (χ0v) is 24.9. The van der Waals surface area contributed by atoms with Crippen LogP contribution in [0.5, 0.6) is 0 Å². The number of hydrogen-bond donors (Lipinski definition) is 3. The van der Waals surface area contributed by atoms with Crippen LogP contribution in [0, 0.1) is 19.8 Å². The van der Waals surface area contributed by atoms with Gasteiger partial charge >= 0.3 is 0 Å². The van der Waals surface area contributed by atoms with Crippen molar-refractivity contribution in [1.82, 2.24) is 29.7 Å². The maximum atomic E-state index is 4.53. The van der Waals surface area contributed by atoms with Gasteiger partial charge in [0.05, 0.1) is 28.6 Å². The van der Waals surface area contributed by atoms with Crippen LogP contribution in [0.3, 0.4) is 0 Å². The summed E-state index contributed by atoms with van der Waals surface area (Å²) in [6, 6.07) is 4.04. The molecule has 8 heteroatoms. The zero-order chi connectivity index (χ0) is 29.6. The Morgan fingerprint density at radius 2 is 1.93 bits per heavy atom. The Morgan fingerprint density at radius 1 is 1.12 bits per heavy atom. The van der Waals surface area contributed by atoms with Crippen molar-refractivity contribution in [3.8, 4) is 5.82 Å². The fourth-order valence-electron chi connectivity index (χ4n) is 5.47. The van der Waals surface area contributed by atoms with E-state index in [9.17, 15) is 0 Å². The SMILES string of the molecule is C=C(CC1CCCCC1)Nc1cncc(/C(C)=C/C=c2/[nH]nc(C(=C)Nc3ccnc(-n4cnc(C)c4)c3C)c2=C)c1. The van der Waals surface area contributed by atoms with Gasteiger partial charge in [0.25, 0.3) is 0 Å². The highest BCUT2D eigenvalue weighted by molar-refractivity contribution is 5.76. The van der Waals surface area contributed by atoms with Crippen molar-refractivity contribution in [3.63, 3.8) is 0 Å². The van der Waals surface area contributed by atoms with Crippen LogP contribution < -0.4 is 21.2 Å². The molecule has 1 aliphatic carbocycles. The molecule has 0 radical (unpaired) electrons. The van der Waals surface area contributed by atoms with Gasteiger partial charge in [0.1, 0.15) is 17.8 Å². The highest BCUT2D eigenvalue weighted by atomic mass is 15.1. The van der Waals surface area contributed by atoms with Crippen molar-refractivity contribution in [2.45, 2.75) is 59.3 Å². The lowest BCUT2D eigenvalue weighted by Crippen LogP contribution is -2.23. The van der Waals surface area contributed by atoms with Gasteiger partial charge in [-0.2, -0.15) is 5.10 Å². The monoisotopic (exact) mass is 560 g/mol. The Kier molecular flexibility index (Phi) is 8.81. The minimum Gasteiger partial charge on any atom is -0.358 e. The molecule has 0 bridgehead atoms. The molecule has 0 atom stereocenters. The van der Waals surface area contributed by atoms with Crippen molar-refractivity contribution < 1.29 is 0 Å². The molecule has 4 aromatic rings. The Hall–Kier alpha value is -4.72. The molecule has 42 heavy (non-hydrogen) atoms. The van der Waals surface area contributed by atoms with E-state index in [2.05, 4.69) is 68.5 Å². The Bertz CT molecular complexity index is 1730. The second kappa shape index (κ2) is 12.9. The van der Waals surface area contributed by atoms with Crippen molar-refractivity contribution in [2.75, 3.05) is 10.6 Å². The average Bonchev–Trinajstić information content (AvgIpc) is 3.58. The summed E-state index contributed by atoms with van der Waals surface area (Å²) in [4.78, 5) is 13.3. The number of aromatic nitrogens is 6. The fourth-order valence-corrected chi connectivity index (χ4v) is 5.47. The van der Waals surface area contributed by atoms with Crippen LogP contribution in [-0.2, 0) is 0 Å². The maximum absolute atomic E-state index is 4.53. The molecule has 0 amide bonds. The van der Waals surface area contributed by atoms with Crippen LogP contribution in [0.25, 0.3) is 29.7 Å². The summed E-state index contributed by atoms with van der Waals surface area (Å²) < 4.78 is 1.91. The van der Waals surface area contributed by atoms with Crippen LogP contribution in [0.2, 0.25) is 0 Å². The summed E-state index contributed by atoms with van der Waals surface area (Å²) >= 11 is 0. The lowest BCUT2D eigenvalue weighted by Gasteiger charge is -2.22. The molecule has 4 heterocycles. The van der Waals surface area contributed by atoms with Crippen molar-refractivity contribution in [3.05, 3.63) is 101 Å². The van der Waals surface area contributed by atoms with Gasteiger partial charge in [-0.15, -0.1) is 0 Å². The lowest BCUT2D eigenvalue weighted by molar-refractivity contribution is 0.357. The third-order valence-corrected chi connectivity index (χ3v) is 7.88. The molecule has 0 aliphatic heterocycles. The van der Waals surface area contributed by atoms with E-state index in [-0.39, 0.29) is 0 Å². The van der Waals surface area contributed by atoms with Crippen LogP contribution in [-0.4, -0.2) is 29.7 Å². The molecule has 0 aromatic carbocycles. The number of rotatable bonds is 10. The van der Waals surface area contributed by atoms with Crippen LogP contribution in [0.4, 0.5) is 11.4 Å². The molecule has 3 N–H and O–H groups in total. The van der Waals surface area contributed by atoms with E-state index < -0.39 is 0 Å².